The fourth-order valence-corrected chi connectivity index (χ4v) is 3.45. The fraction of sp³-hybridized carbons (Fsp3) is 0.812. The topological polar surface area (TPSA) is 43.8 Å². The number of aromatic nitrogens is 2. The summed E-state index contributed by atoms with van der Waals surface area (Å²) >= 11 is 0. The molecule has 1 atom stereocenters. The van der Waals surface area contributed by atoms with Crippen LogP contribution in [0, 0.1) is 5.41 Å². The van der Waals surface area contributed by atoms with Crippen molar-refractivity contribution in [1.29, 1.82) is 0 Å². The third-order valence-electron chi connectivity index (χ3n) is 4.15. The van der Waals surface area contributed by atoms with E-state index in [0.29, 0.717) is 6.04 Å². The van der Waals surface area contributed by atoms with Gasteiger partial charge in [0.15, 0.2) is 0 Å². The Labute approximate surface area is 117 Å². The molecule has 1 aromatic rings. The van der Waals surface area contributed by atoms with Crippen molar-refractivity contribution in [2.45, 2.75) is 77.8 Å². The van der Waals surface area contributed by atoms with Crippen molar-refractivity contribution in [3.63, 3.8) is 0 Å². The van der Waals surface area contributed by atoms with Crippen LogP contribution in [0.3, 0.4) is 0 Å². The van der Waals surface area contributed by atoms with Crippen molar-refractivity contribution in [3.8, 4) is 0 Å². The number of hydrogen-bond donors (Lipinski definition) is 1. The van der Waals surface area contributed by atoms with Crippen molar-refractivity contribution in [1.82, 2.24) is 9.78 Å². The molecule has 0 saturated heterocycles. The van der Waals surface area contributed by atoms with E-state index < -0.39 is 0 Å². The largest absolute Gasteiger partial charge is 0.328 e. The highest BCUT2D eigenvalue weighted by atomic mass is 15.3. The van der Waals surface area contributed by atoms with Crippen LogP contribution in [0.2, 0.25) is 0 Å². The number of hydrogen-bond acceptors (Lipinski definition) is 2. The van der Waals surface area contributed by atoms with Crippen molar-refractivity contribution < 1.29 is 0 Å². The Morgan fingerprint density at radius 3 is 2.68 bits per heavy atom. The summed E-state index contributed by atoms with van der Waals surface area (Å²) in [6, 6.07) is 3.09. The van der Waals surface area contributed by atoms with Gasteiger partial charge in [-0.05, 0) is 44.1 Å². The molecule has 1 fully saturated rings. The monoisotopic (exact) mass is 263 g/mol. The Balaban J connectivity index is 1.96. The van der Waals surface area contributed by atoms with Gasteiger partial charge in [0.25, 0.3) is 0 Å². The van der Waals surface area contributed by atoms with Gasteiger partial charge in [-0.25, -0.2) is 0 Å². The van der Waals surface area contributed by atoms with Crippen LogP contribution in [0.5, 0.6) is 0 Å². The van der Waals surface area contributed by atoms with E-state index in [-0.39, 0.29) is 11.5 Å². The van der Waals surface area contributed by atoms with Crippen molar-refractivity contribution in [2.24, 2.45) is 11.1 Å². The average molecular weight is 263 g/mol. The summed E-state index contributed by atoms with van der Waals surface area (Å²) in [5, 5.41) is 4.80. The predicted molar refractivity (Wildman–Crippen MR) is 80.1 cm³/mol. The maximum absolute atomic E-state index is 5.93. The van der Waals surface area contributed by atoms with E-state index in [2.05, 4.69) is 37.7 Å². The molecule has 2 N–H and O–H groups in total. The Hall–Kier alpha value is -0.830. The number of nitrogens with two attached hydrogens (primary N) is 1. The Morgan fingerprint density at radius 1 is 1.37 bits per heavy atom. The van der Waals surface area contributed by atoms with Crippen LogP contribution in [-0.4, -0.2) is 15.8 Å². The SMILES string of the molecule is CC(N)CC(C)(C)Cc1ccn(C2CCCCC2)n1. The lowest BCUT2D eigenvalue weighted by molar-refractivity contribution is 0.298. The molecule has 1 aliphatic carbocycles. The van der Waals surface area contributed by atoms with Gasteiger partial charge < -0.3 is 5.73 Å². The van der Waals surface area contributed by atoms with Gasteiger partial charge in [-0.3, -0.25) is 4.68 Å². The smallest absolute Gasteiger partial charge is 0.0630 e. The average Bonchev–Trinajstić information content (AvgIpc) is 2.76. The first kappa shape index (κ1) is 14.6. The third-order valence-corrected chi connectivity index (χ3v) is 4.15. The van der Waals surface area contributed by atoms with Gasteiger partial charge in [-0.15, -0.1) is 0 Å². The fourth-order valence-electron chi connectivity index (χ4n) is 3.45. The predicted octanol–water partition coefficient (Wildman–Crippen LogP) is 3.69. The first-order chi connectivity index (χ1) is 8.96. The highest BCUT2D eigenvalue weighted by Crippen LogP contribution is 2.29. The van der Waals surface area contributed by atoms with Gasteiger partial charge in [0.05, 0.1) is 11.7 Å². The van der Waals surface area contributed by atoms with Gasteiger partial charge in [-0.2, -0.15) is 5.10 Å². The van der Waals surface area contributed by atoms with Crippen LogP contribution >= 0.6 is 0 Å². The molecular formula is C16H29N3. The van der Waals surface area contributed by atoms with Gasteiger partial charge in [-0.1, -0.05) is 33.1 Å². The molecule has 1 unspecified atom stereocenters. The van der Waals surface area contributed by atoms with Crippen molar-refractivity contribution in [3.05, 3.63) is 18.0 Å². The van der Waals surface area contributed by atoms with E-state index in [0.717, 1.165) is 12.8 Å². The van der Waals surface area contributed by atoms with Gasteiger partial charge in [0.2, 0.25) is 0 Å². The number of nitrogens with zero attached hydrogens (tertiary/aromatic N) is 2. The van der Waals surface area contributed by atoms with Gasteiger partial charge in [0.1, 0.15) is 0 Å². The maximum atomic E-state index is 5.93. The second-order valence-electron chi connectivity index (χ2n) is 7.10. The van der Waals surface area contributed by atoms with Crippen LogP contribution in [0.4, 0.5) is 0 Å². The standard InChI is InChI=1S/C16H29N3/c1-13(17)11-16(2,3)12-14-9-10-19(18-14)15-7-5-4-6-8-15/h9-10,13,15H,4-8,11-12,17H2,1-3H3. The Morgan fingerprint density at radius 2 is 2.05 bits per heavy atom. The molecule has 0 bridgehead atoms. The molecule has 3 heteroatoms. The van der Waals surface area contributed by atoms with E-state index in [1.165, 1.54) is 37.8 Å². The van der Waals surface area contributed by atoms with Crippen LogP contribution in [0.1, 0.15) is 71.0 Å². The molecule has 0 spiro atoms. The van der Waals surface area contributed by atoms with Gasteiger partial charge >= 0.3 is 0 Å². The molecule has 1 heterocycles. The zero-order valence-electron chi connectivity index (χ0n) is 12.7. The Bertz CT molecular complexity index is 386. The number of rotatable bonds is 5. The summed E-state index contributed by atoms with van der Waals surface area (Å²) in [5.41, 5.74) is 7.38. The molecule has 3 nitrogen and oxygen atoms in total. The van der Waals surface area contributed by atoms with Crippen LogP contribution in [0.25, 0.3) is 0 Å². The first-order valence-corrected chi connectivity index (χ1v) is 7.76. The van der Waals surface area contributed by atoms with Crippen molar-refractivity contribution >= 4 is 0 Å². The zero-order valence-corrected chi connectivity index (χ0v) is 12.7. The third kappa shape index (κ3) is 4.34. The second kappa shape index (κ2) is 6.08. The summed E-state index contributed by atoms with van der Waals surface area (Å²) in [6.07, 6.45) is 10.9. The lowest BCUT2D eigenvalue weighted by Crippen LogP contribution is -2.27. The molecular weight excluding hydrogens is 234 g/mol. The second-order valence-corrected chi connectivity index (χ2v) is 7.10. The normalized spacial score (nSPS) is 19.6. The van der Waals surface area contributed by atoms with Crippen molar-refractivity contribution in [2.75, 3.05) is 0 Å². The molecule has 2 rings (SSSR count). The summed E-state index contributed by atoms with van der Waals surface area (Å²) in [6.45, 7) is 6.66. The molecule has 0 aromatic carbocycles. The molecule has 1 aliphatic rings. The maximum Gasteiger partial charge on any atom is 0.0630 e. The summed E-state index contributed by atoms with van der Waals surface area (Å²) in [7, 11) is 0. The van der Waals surface area contributed by atoms with E-state index in [9.17, 15) is 0 Å². The minimum Gasteiger partial charge on any atom is -0.328 e. The quantitative estimate of drug-likeness (QED) is 0.880. The van der Waals surface area contributed by atoms with E-state index in [1.54, 1.807) is 0 Å². The van der Waals surface area contributed by atoms with Gasteiger partial charge in [0, 0.05) is 12.2 Å². The molecule has 108 valence electrons. The van der Waals surface area contributed by atoms with E-state index >= 15 is 0 Å². The summed E-state index contributed by atoms with van der Waals surface area (Å²) in [5.74, 6) is 0. The highest BCUT2D eigenvalue weighted by Gasteiger charge is 2.22. The molecule has 0 amide bonds. The van der Waals surface area contributed by atoms with Crippen LogP contribution in [-0.2, 0) is 6.42 Å². The summed E-state index contributed by atoms with van der Waals surface area (Å²) in [4.78, 5) is 0. The minimum atomic E-state index is 0.236. The zero-order chi connectivity index (χ0) is 13.9. The molecule has 0 radical (unpaired) electrons. The molecule has 19 heavy (non-hydrogen) atoms. The minimum absolute atomic E-state index is 0.236. The lowest BCUT2D eigenvalue weighted by atomic mass is 9.82. The lowest BCUT2D eigenvalue weighted by Gasteiger charge is -2.26. The summed E-state index contributed by atoms with van der Waals surface area (Å²) < 4.78 is 2.20. The first-order valence-electron chi connectivity index (χ1n) is 7.76. The van der Waals surface area contributed by atoms with E-state index in [4.69, 9.17) is 10.8 Å². The molecule has 1 aromatic heterocycles. The van der Waals surface area contributed by atoms with Crippen LogP contribution in [0.15, 0.2) is 12.3 Å². The molecule has 1 saturated carbocycles. The highest BCUT2D eigenvalue weighted by molar-refractivity contribution is 5.03. The van der Waals surface area contributed by atoms with E-state index in [1.807, 2.05) is 0 Å². The van der Waals surface area contributed by atoms with Crippen LogP contribution < -0.4 is 5.73 Å². The Kier molecular flexibility index (Phi) is 4.67. The molecule has 0 aliphatic heterocycles.